The molecule has 3 heteroatoms. The molecule has 0 aromatic rings. The van der Waals surface area contributed by atoms with Gasteiger partial charge in [-0.2, -0.15) is 11.8 Å². The van der Waals surface area contributed by atoms with Gasteiger partial charge in [-0.15, -0.1) is 0 Å². The molecule has 2 aliphatic rings. The van der Waals surface area contributed by atoms with Crippen molar-refractivity contribution < 1.29 is 0 Å². The lowest BCUT2D eigenvalue weighted by atomic mass is 9.92. The zero-order chi connectivity index (χ0) is 13.1. The van der Waals surface area contributed by atoms with Gasteiger partial charge in [0.25, 0.3) is 0 Å². The van der Waals surface area contributed by atoms with Crippen LogP contribution in [0, 0.1) is 0 Å². The van der Waals surface area contributed by atoms with E-state index in [1.165, 1.54) is 64.0 Å². The highest BCUT2D eigenvalue weighted by Gasteiger charge is 2.35. The normalized spacial score (nSPS) is 33.5. The van der Waals surface area contributed by atoms with Gasteiger partial charge in [-0.25, -0.2) is 0 Å². The third-order valence-corrected chi connectivity index (χ3v) is 6.41. The molecule has 2 heterocycles. The van der Waals surface area contributed by atoms with E-state index in [0.717, 1.165) is 0 Å². The van der Waals surface area contributed by atoms with Crippen molar-refractivity contribution in [3.63, 3.8) is 0 Å². The third kappa shape index (κ3) is 3.43. The standard InChI is InChI=1S/C15H30N2S/c1-4-15(5-2)13-17(10-7-9-16-15)12-14(3)8-6-11-18-14/h16H,4-13H2,1-3H3. The van der Waals surface area contributed by atoms with Crippen LogP contribution in [0.1, 0.15) is 52.9 Å². The largest absolute Gasteiger partial charge is 0.310 e. The van der Waals surface area contributed by atoms with Crippen LogP contribution in [0.5, 0.6) is 0 Å². The van der Waals surface area contributed by atoms with Crippen molar-refractivity contribution in [2.45, 2.75) is 63.2 Å². The molecule has 2 rings (SSSR count). The van der Waals surface area contributed by atoms with Crippen LogP contribution < -0.4 is 5.32 Å². The van der Waals surface area contributed by atoms with E-state index in [4.69, 9.17) is 0 Å². The van der Waals surface area contributed by atoms with Gasteiger partial charge in [-0.3, -0.25) is 0 Å². The Morgan fingerprint density at radius 2 is 2.00 bits per heavy atom. The Balaban J connectivity index is 1.98. The maximum absolute atomic E-state index is 3.81. The fourth-order valence-electron chi connectivity index (χ4n) is 3.51. The van der Waals surface area contributed by atoms with E-state index in [9.17, 15) is 0 Å². The summed E-state index contributed by atoms with van der Waals surface area (Å²) in [6.07, 6.45) is 6.64. The Morgan fingerprint density at radius 1 is 1.22 bits per heavy atom. The van der Waals surface area contributed by atoms with E-state index < -0.39 is 0 Å². The van der Waals surface area contributed by atoms with Crippen molar-refractivity contribution in [3.8, 4) is 0 Å². The van der Waals surface area contributed by atoms with Gasteiger partial charge in [-0.05, 0) is 57.9 Å². The van der Waals surface area contributed by atoms with Crippen LogP contribution in [0.15, 0.2) is 0 Å². The molecule has 0 spiro atoms. The van der Waals surface area contributed by atoms with E-state index in [-0.39, 0.29) is 0 Å². The van der Waals surface area contributed by atoms with Gasteiger partial charge in [0, 0.05) is 23.4 Å². The summed E-state index contributed by atoms with van der Waals surface area (Å²) in [5, 5.41) is 3.81. The molecule has 0 aromatic heterocycles. The van der Waals surface area contributed by atoms with Crippen molar-refractivity contribution in [2.75, 3.05) is 31.9 Å². The first-order valence-corrected chi connectivity index (χ1v) is 8.71. The van der Waals surface area contributed by atoms with E-state index >= 15 is 0 Å². The first-order chi connectivity index (χ1) is 8.61. The molecule has 1 unspecified atom stereocenters. The summed E-state index contributed by atoms with van der Waals surface area (Å²) in [5.41, 5.74) is 0.371. The summed E-state index contributed by atoms with van der Waals surface area (Å²) < 4.78 is 0.525. The van der Waals surface area contributed by atoms with E-state index in [1.807, 2.05) is 0 Å². The highest BCUT2D eigenvalue weighted by atomic mass is 32.2. The summed E-state index contributed by atoms with van der Waals surface area (Å²) in [4.78, 5) is 2.74. The monoisotopic (exact) mass is 270 g/mol. The second kappa shape index (κ2) is 6.15. The third-order valence-electron chi connectivity index (χ3n) is 4.89. The minimum atomic E-state index is 0.371. The van der Waals surface area contributed by atoms with Crippen LogP contribution in [-0.2, 0) is 0 Å². The fourth-order valence-corrected chi connectivity index (χ4v) is 4.86. The van der Waals surface area contributed by atoms with Crippen molar-refractivity contribution in [1.82, 2.24) is 10.2 Å². The maximum atomic E-state index is 3.81. The maximum Gasteiger partial charge on any atom is 0.0303 e. The van der Waals surface area contributed by atoms with Gasteiger partial charge in [0.2, 0.25) is 0 Å². The van der Waals surface area contributed by atoms with Crippen LogP contribution in [0.3, 0.4) is 0 Å². The lowest BCUT2D eigenvalue weighted by molar-refractivity contribution is 0.184. The smallest absolute Gasteiger partial charge is 0.0303 e. The van der Waals surface area contributed by atoms with Gasteiger partial charge in [0.05, 0.1) is 0 Å². The molecule has 2 aliphatic heterocycles. The predicted octanol–water partition coefficient (Wildman–Crippen LogP) is 3.13. The van der Waals surface area contributed by atoms with Crippen molar-refractivity contribution in [3.05, 3.63) is 0 Å². The molecular weight excluding hydrogens is 240 g/mol. The van der Waals surface area contributed by atoms with Crippen LogP contribution in [0.25, 0.3) is 0 Å². The molecule has 0 aliphatic carbocycles. The van der Waals surface area contributed by atoms with Gasteiger partial charge < -0.3 is 10.2 Å². The Labute approximate surface area is 117 Å². The van der Waals surface area contributed by atoms with Crippen molar-refractivity contribution in [2.24, 2.45) is 0 Å². The lowest BCUT2D eigenvalue weighted by Crippen LogP contribution is -2.52. The molecule has 2 saturated heterocycles. The predicted molar refractivity (Wildman–Crippen MR) is 82.5 cm³/mol. The van der Waals surface area contributed by atoms with Crippen molar-refractivity contribution in [1.29, 1.82) is 0 Å². The molecular formula is C15H30N2S. The van der Waals surface area contributed by atoms with E-state index in [0.29, 0.717) is 10.3 Å². The zero-order valence-electron chi connectivity index (χ0n) is 12.4. The number of hydrogen-bond acceptors (Lipinski definition) is 3. The molecule has 18 heavy (non-hydrogen) atoms. The van der Waals surface area contributed by atoms with Crippen LogP contribution >= 0.6 is 11.8 Å². The highest BCUT2D eigenvalue weighted by Crippen LogP contribution is 2.38. The number of nitrogens with one attached hydrogen (secondary N) is 1. The number of hydrogen-bond donors (Lipinski definition) is 1. The van der Waals surface area contributed by atoms with Crippen molar-refractivity contribution >= 4 is 11.8 Å². The molecule has 2 fully saturated rings. The first kappa shape index (κ1) is 14.7. The summed E-state index contributed by atoms with van der Waals surface area (Å²) in [6, 6.07) is 0. The second-order valence-corrected chi connectivity index (χ2v) is 8.06. The Bertz CT molecular complexity index is 257. The molecule has 0 saturated carbocycles. The minimum absolute atomic E-state index is 0.371. The molecule has 0 amide bonds. The molecule has 0 radical (unpaired) electrons. The van der Waals surface area contributed by atoms with Gasteiger partial charge in [0.15, 0.2) is 0 Å². The van der Waals surface area contributed by atoms with Gasteiger partial charge in [-0.1, -0.05) is 13.8 Å². The Morgan fingerprint density at radius 3 is 2.61 bits per heavy atom. The SMILES string of the molecule is CCC1(CC)CN(CC2(C)CCCS2)CCCN1. The summed E-state index contributed by atoms with van der Waals surface area (Å²) in [7, 11) is 0. The summed E-state index contributed by atoms with van der Waals surface area (Å²) in [6.45, 7) is 12.2. The Hall–Kier alpha value is 0.270. The molecule has 1 atom stereocenters. The fraction of sp³-hybridized carbons (Fsp3) is 1.00. The summed E-state index contributed by atoms with van der Waals surface area (Å²) in [5.74, 6) is 1.37. The van der Waals surface area contributed by atoms with Crippen LogP contribution in [0.2, 0.25) is 0 Å². The molecule has 0 aromatic carbocycles. The van der Waals surface area contributed by atoms with E-state index in [1.54, 1.807) is 0 Å². The highest BCUT2D eigenvalue weighted by molar-refractivity contribution is 8.00. The average Bonchev–Trinajstić information content (AvgIpc) is 2.68. The summed E-state index contributed by atoms with van der Waals surface area (Å²) >= 11 is 2.20. The second-order valence-electron chi connectivity index (χ2n) is 6.38. The number of rotatable bonds is 4. The lowest BCUT2D eigenvalue weighted by Gasteiger charge is -2.38. The topological polar surface area (TPSA) is 15.3 Å². The Kier molecular flexibility index (Phi) is 5.01. The van der Waals surface area contributed by atoms with Gasteiger partial charge >= 0.3 is 0 Å². The molecule has 106 valence electrons. The minimum Gasteiger partial charge on any atom is -0.310 e. The quantitative estimate of drug-likeness (QED) is 0.845. The first-order valence-electron chi connectivity index (χ1n) is 7.73. The number of nitrogens with zero attached hydrogens (tertiary/aromatic N) is 1. The van der Waals surface area contributed by atoms with E-state index in [2.05, 4.69) is 42.7 Å². The zero-order valence-corrected chi connectivity index (χ0v) is 13.2. The van der Waals surface area contributed by atoms with Gasteiger partial charge in [0.1, 0.15) is 0 Å². The van der Waals surface area contributed by atoms with Crippen LogP contribution in [0.4, 0.5) is 0 Å². The molecule has 2 nitrogen and oxygen atoms in total. The molecule has 0 bridgehead atoms. The van der Waals surface area contributed by atoms with Crippen LogP contribution in [-0.4, -0.2) is 47.1 Å². The number of thioether (sulfide) groups is 1. The molecule has 1 N–H and O–H groups in total. The average molecular weight is 270 g/mol.